The predicted molar refractivity (Wildman–Crippen MR) is 72.8 cm³/mol. The summed E-state index contributed by atoms with van der Waals surface area (Å²) in [5.74, 6) is -0.724. The molecule has 1 unspecified atom stereocenters. The lowest BCUT2D eigenvalue weighted by molar-refractivity contribution is -0.138. The zero-order valence-electron chi connectivity index (χ0n) is 10.1. The molecule has 2 aliphatic rings. The number of ether oxygens (including phenoxy) is 1. The number of hydrogen-bond acceptors (Lipinski definition) is 4. The van der Waals surface area contributed by atoms with Crippen molar-refractivity contribution in [3.63, 3.8) is 0 Å². The van der Waals surface area contributed by atoms with Crippen LogP contribution in [0.5, 0.6) is 0 Å². The van der Waals surface area contributed by atoms with E-state index in [4.69, 9.17) is 16.3 Å². The minimum absolute atomic E-state index is 0.0189. The van der Waals surface area contributed by atoms with Crippen molar-refractivity contribution in [2.45, 2.75) is 18.9 Å². The van der Waals surface area contributed by atoms with E-state index in [1.165, 1.54) is 16.2 Å². The zero-order chi connectivity index (χ0) is 13.4. The molecule has 0 radical (unpaired) electrons. The first-order valence-electron chi connectivity index (χ1n) is 6.10. The highest BCUT2D eigenvalue weighted by molar-refractivity contribution is 7.11. The van der Waals surface area contributed by atoms with Crippen molar-refractivity contribution in [3.8, 4) is 0 Å². The summed E-state index contributed by atoms with van der Waals surface area (Å²) in [6.45, 7) is 0.989. The van der Waals surface area contributed by atoms with Gasteiger partial charge in [-0.2, -0.15) is 0 Å². The Bertz CT molecular complexity index is 546. The molecule has 0 aliphatic carbocycles. The van der Waals surface area contributed by atoms with Gasteiger partial charge >= 0.3 is 0 Å². The number of nitrogens with zero attached hydrogens (tertiary/aromatic N) is 1. The van der Waals surface area contributed by atoms with Crippen LogP contribution in [0.15, 0.2) is 22.5 Å². The summed E-state index contributed by atoms with van der Waals surface area (Å²) in [6.07, 6.45) is 1.79. The van der Waals surface area contributed by atoms with Crippen LogP contribution in [0.2, 0.25) is 0 Å². The standard InChI is InChI=1S/C13H12ClNO3S/c14-11-10(9-4-2-6-19-9)12(16)15(13(11)17)7-8-3-1-5-18-8/h2,4,6,8H,1,3,5,7H2. The van der Waals surface area contributed by atoms with Crippen LogP contribution in [0.25, 0.3) is 5.57 Å². The van der Waals surface area contributed by atoms with Crippen molar-refractivity contribution in [1.29, 1.82) is 0 Å². The monoisotopic (exact) mass is 297 g/mol. The van der Waals surface area contributed by atoms with E-state index in [9.17, 15) is 9.59 Å². The number of carbonyl (C=O) groups excluding carboxylic acids is 2. The first kappa shape index (κ1) is 12.8. The summed E-state index contributed by atoms with van der Waals surface area (Å²) in [5, 5.41) is 1.87. The number of halogens is 1. The van der Waals surface area contributed by atoms with Crippen molar-refractivity contribution in [2.75, 3.05) is 13.2 Å². The van der Waals surface area contributed by atoms with Gasteiger partial charge in [0.25, 0.3) is 11.8 Å². The molecular weight excluding hydrogens is 286 g/mol. The molecule has 0 saturated carbocycles. The highest BCUT2D eigenvalue weighted by atomic mass is 35.5. The van der Waals surface area contributed by atoms with Crippen LogP contribution in [0.1, 0.15) is 17.7 Å². The SMILES string of the molecule is O=C1C(Cl)=C(c2cccs2)C(=O)N1CC1CCCO1. The topological polar surface area (TPSA) is 46.6 Å². The van der Waals surface area contributed by atoms with Crippen LogP contribution < -0.4 is 0 Å². The maximum absolute atomic E-state index is 12.3. The predicted octanol–water partition coefficient (Wildman–Crippen LogP) is 2.25. The fourth-order valence-corrected chi connectivity index (χ4v) is 3.45. The molecule has 0 bridgehead atoms. The average molecular weight is 298 g/mol. The molecule has 0 spiro atoms. The van der Waals surface area contributed by atoms with Crippen LogP contribution in [-0.4, -0.2) is 36.0 Å². The number of thiophene rings is 1. The van der Waals surface area contributed by atoms with Gasteiger partial charge in [-0.05, 0) is 24.3 Å². The lowest BCUT2D eigenvalue weighted by Gasteiger charge is -2.18. The minimum Gasteiger partial charge on any atom is -0.376 e. The zero-order valence-corrected chi connectivity index (χ0v) is 11.7. The number of amides is 2. The lowest BCUT2D eigenvalue weighted by atomic mass is 10.2. The number of carbonyl (C=O) groups is 2. The normalized spacial score (nSPS) is 23.8. The Hall–Kier alpha value is -1.17. The molecule has 3 heterocycles. The van der Waals surface area contributed by atoms with Crippen LogP contribution in [0.4, 0.5) is 0 Å². The van der Waals surface area contributed by atoms with Gasteiger partial charge in [0.1, 0.15) is 5.03 Å². The largest absolute Gasteiger partial charge is 0.376 e. The molecule has 0 N–H and O–H groups in total. The van der Waals surface area contributed by atoms with Gasteiger partial charge in [-0.3, -0.25) is 14.5 Å². The van der Waals surface area contributed by atoms with Crippen molar-refractivity contribution in [2.24, 2.45) is 0 Å². The van der Waals surface area contributed by atoms with E-state index in [2.05, 4.69) is 0 Å². The van der Waals surface area contributed by atoms with Crippen molar-refractivity contribution in [3.05, 3.63) is 27.4 Å². The smallest absolute Gasteiger partial charge is 0.273 e. The van der Waals surface area contributed by atoms with Crippen LogP contribution in [0, 0.1) is 0 Å². The maximum atomic E-state index is 12.3. The molecule has 4 nitrogen and oxygen atoms in total. The average Bonchev–Trinajstić information content (AvgIpc) is 3.10. The van der Waals surface area contributed by atoms with E-state index in [-0.39, 0.29) is 17.0 Å². The third-order valence-electron chi connectivity index (χ3n) is 3.29. The van der Waals surface area contributed by atoms with E-state index in [1.807, 2.05) is 11.4 Å². The Morgan fingerprint density at radius 1 is 1.42 bits per heavy atom. The highest BCUT2D eigenvalue weighted by Crippen LogP contribution is 2.34. The second kappa shape index (κ2) is 5.07. The lowest BCUT2D eigenvalue weighted by Crippen LogP contribution is -2.37. The van der Waals surface area contributed by atoms with Gasteiger partial charge in [-0.25, -0.2) is 0 Å². The molecule has 19 heavy (non-hydrogen) atoms. The van der Waals surface area contributed by atoms with Crippen LogP contribution >= 0.6 is 22.9 Å². The molecule has 1 aromatic rings. The van der Waals surface area contributed by atoms with Gasteiger partial charge in [0, 0.05) is 11.5 Å². The van der Waals surface area contributed by atoms with Crippen molar-refractivity contribution in [1.82, 2.24) is 4.90 Å². The van der Waals surface area contributed by atoms with Crippen LogP contribution in [-0.2, 0) is 14.3 Å². The molecule has 6 heteroatoms. The second-order valence-corrected chi connectivity index (χ2v) is 5.85. The minimum atomic E-state index is -0.412. The third kappa shape index (κ3) is 2.22. The molecule has 1 saturated heterocycles. The molecule has 1 fully saturated rings. The van der Waals surface area contributed by atoms with Gasteiger partial charge in [-0.1, -0.05) is 17.7 Å². The third-order valence-corrected chi connectivity index (χ3v) is 4.53. The summed E-state index contributed by atoms with van der Waals surface area (Å²) >= 11 is 7.43. The number of imide groups is 1. The Morgan fingerprint density at radius 3 is 2.89 bits per heavy atom. The summed E-state index contributed by atoms with van der Waals surface area (Å²) in [6, 6.07) is 3.63. The van der Waals surface area contributed by atoms with Gasteiger partial charge in [-0.15, -0.1) is 11.3 Å². The fourth-order valence-electron chi connectivity index (χ4n) is 2.34. The van der Waals surface area contributed by atoms with E-state index in [0.717, 1.165) is 17.7 Å². The van der Waals surface area contributed by atoms with Gasteiger partial charge in [0.15, 0.2) is 0 Å². The van der Waals surface area contributed by atoms with E-state index in [0.29, 0.717) is 18.7 Å². The molecule has 1 atom stereocenters. The van der Waals surface area contributed by atoms with Crippen molar-refractivity contribution < 1.29 is 14.3 Å². The Kier molecular flexibility index (Phi) is 3.43. The molecule has 100 valence electrons. The summed E-state index contributed by atoms with van der Waals surface area (Å²) in [7, 11) is 0. The van der Waals surface area contributed by atoms with E-state index >= 15 is 0 Å². The fraction of sp³-hybridized carbons (Fsp3) is 0.385. The van der Waals surface area contributed by atoms with Crippen LogP contribution in [0.3, 0.4) is 0 Å². The number of hydrogen-bond donors (Lipinski definition) is 0. The first-order chi connectivity index (χ1) is 9.18. The molecule has 0 aromatic carbocycles. The second-order valence-electron chi connectivity index (χ2n) is 4.52. The molecule has 3 rings (SSSR count). The molecule has 2 amide bonds. The Balaban J connectivity index is 1.84. The van der Waals surface area contributed by atoms with Gasteiger partial charge < -0.3 is 4.74 Å². The molecule has 2 aliphatic heterocycles. The quantitative estimate of drug-likeness (QED) is 0.804. The summed E-state index contributed by atoms with van der Waals surface area (Å²) in [4.78, 5) is 26.3. The van der Waals surface area contributed by atoms with E-state index < -0.39 is 5.91 Å². The summed E-state index contributed by atoms with van der Waals surface area (Å²) < 4.78 is 5.47. The Labute approximate surface area is 119 Å². The Morgan fingerprint density at radius 2 is 2.26 bits per heavy atom. The molecule has 1 aromatic heterocycles. The maximum Gasteiger partial charge on any atom is 0.273 e. The molecular formula is C13H12ClNO3S. The van der Waals surface area contributed by atoms with Gasteiger partial charge in [0.05, 0.1) is 18.2 Å². The summed E-state index contributed by atoms with van der Waals surface area (Å²) in [5.41, 5.74) is 0.319. The number of rotatable bonds is 3. The highest BCUT2D eigenvalue weighted by Gasteiger charge is 2.40. The van der Waals surface area contributed by atoms with Crippen molar-refractivity contribution >= 4 is 40.3 Å². The van der Waals surface area contributed by atoms with E-state index in [1.54, 1.807) is 6.07 Å². The first-order valence-corrected chi connectivity index (χ1v) is 7.35. The van der Waals surface area contributed by atoms with Gasteiger partial charge in [0.2, 0.25) is 0 Å².